The molecule has 0 amide bonds. The van der Waals surface area contributed by atoms with Crippen molar-refractivity contribution in [3.05, 3.63) is 36.0 Å². The molecule has 3 heterocycles. The molecule has 2 N–H and O–H groups in total. The van der Waals surface area contributed by atoms with Gasteiger partial charge in [-0.1, -0.05) is 12.1 Å². The van der Waals surface area contributed by atoms with Crippen molar-refractivity contribution >= 4 is 20.9 Å². The van der Waals surface area contributed by atoms with Crippen LogP contribution < -0.4 is 4.72 Å². The maximum atomic E-state index is 12.1. The molecule has 3 aliphatic rings. The van der Waals surface area contributed by atoms with Gasteiger partial charge in [0.1, 0.15) is 0 Å². The number of ether oxygens (including phenoxy) is 1. The lowest BCUT2D eigenvalue weighted by Crippen LogP contribution is -2.35. The van der Waals surface area contributed by atoms with E-state index in [1.807, 2.05) is 6.20 Å². The Morgan fingerprint density at radius 2 is 2.12 bits per heavy atom. The summed E-state index contributed by atoms with van der Waals surface area (Å²) in [5, 5.41) is 1.13. The van der Waals surface area contributed by atoms with Gasteiger partial charge in [-0.2, -0.15) is 0 Å². The first-order valence-corrected chi connectivity index (χ1v) is 11.0. The zero-order chi connectivity index (χ0) is 17.7. The van der Waals surface area contributed by atoms with Gasteiger partial charge in [0.2, 0.25) is 10.0 Å². The number of hydrogen-bond donors (Lipinski definition) is 2. The fourth-order valence-corrected chi connectivity index (χ4v) is 5.91. The minimum Gasteiger partial charge on any atom is -0.376 e. The van der Waals surface area contributed by atoms with Crippen molar-refractivity contribution in [3.63, 3.8) is 0 Å². The minimum absolute atomic E-state index is 0.150. The number of aromatic amines is 1. The molecule has 0 spiro atoms. The van der Waals surface area contributed by atoms with E-state index in [-0.39, 0.29) is 17.3 Å². The molecule has 3 fully saturated rings. The third-order valence-corrected chi connectivity index (χ3v) is 8.02. The topological polar surface area (TPSA) is 74.4 Å². The van der Waals surface area contributed by atoms with Crippen LogP contribution in [0.3, 0.4) is 0 Å². The van der Waals surface area contributed by atoms with Gasteiger partial charge in [0.05, 0.1) is 18.0 Å². The van der Waals surface area contributed by atoms with Gasteiger partial charge in [0.25, 0.3) is 0 Å². The maximum absolute atomic E-state index is 12.1. The van der Waals surface area contributed by atoms with E-state index in [1.165, 1.54) is 16.5 Å². The molecule has 1 saturated carbocycles. The predicted molar refractivity (Wildman–Crippen MR) is 100 cm³/mol. The van der Waals surface area contributed by atoms with Crippen LogP contribution in [-0.4, -0.2) is 55.9 Å². The van der Waals surface area contributed by atoms with E-state index in [1.54, 1.807) is 0 Å². The van der Waals surface area contributed by atoms with E-state index in [0.29, 0.717) is 19.1 Å². The average molecular weight is 375 g/mol. The number of benzene rings is 1. The highest BCUT2D eigenvalue weighted by atomic mass is 32.2. The van der Waals surface area contributed by atoms with E-state index >= 15 is 0 Å². The first kappa shape index (κ1) is 16.7. The molecule has 0 radical (unpaired) electrons. The number of hydrogen-bond acceptors (Lipinski definition) is 4. The number of fused-ring (bicyclic) bond motifs is 2. The zero-order valence-corrected chi connectivity index (χ0v) is 15.5. The van der Waals surface area contributed by atoms with Crippen molar-refractivity contribution in [3.8, 4) is 0 Å². The summed E-state index contributed by atoms with van der Waals surface area (Å²) in [5.41, 5.74) is 2.50. The van der Waals surface area contributed by atoms with E-state index in [2.05, 4.69) is 38.9 Å². The number of sulfonamides is 1. The SMILES string of the molecule is O=S(=O)(NC[C@@H]1CO[C@H]2CN(Cc3cccc4[nH]ccc34)C[C@@H]12)C1CC1. The number of likely N-dealkylation sites (tertiary alicyclic amines) is 1. The summed E-state index contributed by atoms with van der Waals surface area (Å²) in [6.45, 7) is 4.00. The smallest absolute Gasteiger partial charge is 0.214 e. The number of nitrogens with one attached hydrogen (secondary N) is 2. The van der Waals surface area contributed by atoms with Crippen LogP contribution in [0.2, 0.25) is 0 Å². The van der Waals surface area contributed by atoms with E-state index in [0.717, 1.165) is 32.5 Å². The van der Waals surface area contributed by atoms with Crippen LogP contribution in [0.25, 0.3) is 10.9 Å². The van der Waals surface area contributed by atoms with E-state index in [9.17, 15) is 8.42 Å². The van der Waals surface area contributed by atoms with Gasteiger partial charge in [-0.15, -0.1) is 0 Å². The summed E-state index contributed by atoms with van der Waals surface area (Å²) >= 11 is 0. The molecule has 140 valence electrons. The summed E-state index contributed by atoms with van der Waals surface area (Å²) in [5.74, 6) is 0.698. The Kier molecular flexibility index (Phi) is 4.08. The molecule has 2 aromatic rings. The highest BCUT2D eigenvalue weighted by Crippen LogP contribution is 2.35. The lowest BCUT2D eigenvalue weighted by atomic mass is 9.93. The molecule has 3 atom stereocenters. The first-order chi connectivity index (χ1) is 12.6. The van der Waals surface area contributed by atoms with Gasteiger partial charge in [-0.25, -0.2) is 13.1 Å². The summed E-state index contributed by atoms with van der Waals surface area (Å²) in [4.78, 5) is 5.71. The average Bonchev–Trinajstić information content (AvgIpc) is 3.08. The normalized spacial score (nSPS) is 29.5. The van der Waals surface area contributed by atoms with Crippen molar-refractivity contribution in [2.24, 2.45) is 11.8 Å². The molecular formula is C19H25N3O3S. The van der Waals surface area contributed by atoms with Crippen molar-refractivity contribution in [1.29, 1.82) is 0 Å². The number of aromatic nitrogens is 1. The lowest BCUT2D eigenvalue weighted by molar-refractivity contribution is 0.0943. The minimum atomic E-state index is -3.11. The van der Waals surface area contributed by atoms with Gasteiger partial charge < -0.3 is 9.72 Å². The van der Waals surface area contributed by atoms with Crippen molar-refractivity contribution < 1.29 is 13.2 Å². The molecule has 26 heavy (non-hydrogen) atoms. The Balaban J connectivity index is 1.23. The van der Waals surface area contributed by atoms with Crippen LogP contribution in [0.4, 0.5) is 0 Å². The van der Waals surface area contributed by atoms with E-state index < -0.39 is 10.0 Å². The monoisotopic (exact) mass is 375 g/mol. The standard InChI is InChI=1S/C19H25N3O3S/c23-26(24,15-4-5-15)21-8-14-12-25-19-11-22(10-17(14)19)9-13-2-1-3-18-16(13)6-7-20-18/h1-3,6-7,14-15,17,19-21H,4-5,8-12H2/t14-,17+,19+/m1/s1. The third-order valence-electron chi connectivity index (χ3n) is 6.10. The molecule has 6 nitrogen and oxygen atoms in total. The quantitative estimate of drug-likeness (QED) is 0.806. The second-order valence-corrected chi connectivity index (χ2v) is 9.98. The van der Waals surface area contributed by atoms with Crippen LogP contribution in [0, 0.1) is 11.8 Å². The van der Waals surface area contributed by atoms with Gasteiger partial charge in [0.15, 0.2) is 0 Å². The Bertz CT molecular complexity index is 906. The van der Waals surface area contributed by atoms with Gasteiger partial charge >= 0.3 is 0 Å². The van der Waals surface area contributed by atoms with Gasteiger partial charge in [-0.05, 0) is 30.5 Å². The van der Waals surface area contributed by atoms with Gasteiger partial charge in [0, 0.05) is 55.1 Å². The number of rotatable bonds is 6. The van der Waals surface area contributed by atoms with Crippen molar-refractivity contribution in [2.45, 2.75) is 30.7 Å². The number of H-pyrrole nitrogens is 1. The summed E-state index contributed by atoms with van der Waals surface area (Å²) < 4.78 is 33.0. The highest BCUT2D eigenvalue weighted by Gasteiger charge is 2.44. The fraction of sp³-hybridized carbons (Fsp3) is 0.579. The van der Waals surface area contributed by atoms with Gasteiger partial charge in [-0.3, -0.25) is 4.90 Å². The summed E-state index contributed by atoms with van der Waals surface area (Å²) in [7, 11) is -3.11. The van der Waals surface area contributed by atoms with Crippen LogP contribution >= 0.6 is 0 Å². The molecule has 2 aliphatic heterocycles. The summed E-state index contributed by atoms with van der Waals surface area (Å²) in [6, 6.07) is 8.51. The highest BCUT2D eigenvalue weighted by molar-refractivity contribution is 7.90. The Morgan fingerprint density at radius 1 is 1.23 bits per heavy atom. The second-order valence-electron chi connectivity index (χ2n) is 7.94. The van der Waals surface area contributed by atoms with E-state index in [4.69, 9.17) is 4.74 Å². The molecule has 1 aromatic heterocycles. The Hall–Kier alpha value is -1.41. The third kappa shape index (κ3) is 3.07. The largest absolute Gasteiger partial charge is 0.376 e. The van der Waals surface area contributed by atoms with Crippen LogP contribution in [0.1, 0.15) is 18.4 Å². The first-order valence-electron chi connectivity index (χ1n) is 9.47. The maximum Gasteiger partial charge on any atom is 0.214 e. The van der Waals surface area contributed by atoms with Crippen molar-refractivity contribution in [1.82, 2.24) is 14.6 Å². The zero-order valence-electron chi connectivity index (χ0n) is 14.7. The second kappa shape index (κ2) is 6.34. The molecule has 1 aliphatic carbocycles. The van der Waals surface area contributed by atoms with Crippen LogP contribution in [0.15, 0.2) is 30.5 Å². The molecule has 7 heteroatoms. The Morgan fingerprint density at radius 3 is 2.96 bits per heavy atom. The molecule has 1 aromatic carbocycles. The molecule has 2 saturated heterocycles. The fourth-order valence-electron chi connectivity index (χ4n) is 4.47. The molecule has 5 rings (SSSR count). The molecule has 0 bridgehead atoms. The predicted octanol–water partition coefficient (Wildman–Crippen LogP) is 1.70. The Labute approximate surface area is 154 Å². The molecule has 0 unspecified atom stereocenters. The number of nitrogens with zero attached hydrogens (tertiary/aromatic N) is 1. The van der Waals surface area contributed by atoms with Crippen LogP contribution in [0.5, 0.6) is 0 Å². The van der Waals surface area contributed by atoms with Crippen molar-refractivity contribution in [2.75, 3.05) is 26.2 Å². The van der Waals surface area contributed by atoms with Crippen LogP contribution in [-0.2, 0) is 21.3 Å². The lowest BCUT2D eigenvalue weighted by Gasteiger charge is -2.20. The molecular weight excluding hydrogens is 350 g/mol. The summed E-state index contributed by atoms with van der Waals surface area (Å²) in [6.07, 6.45) is 3.83.